The largest absolute Gasteiger partial charge is 0.420 e. The Balaban J connectivity index is 0.00000248. The minimum absolute atomic E-state index is 0.102. The number of amides is 2. The Morgan fingerprint density at radius 2 is 1.80 bits per heavy atom. The van der Waals surface area contributed by atoms with Gasteiger partial charge in [-0.25, -0.2) is 9.18 Å². The van der Waals surface area contributed by atoms with Crippen LogP contribution in [0.3, 0.4) is 0 Å². The highest BCUT2D eigenvalue weighted by atomic mass is 32.2. The number of nitriles is 1. The SMILES string of the molecule is CC.CCC(c1ccc(C#N)cn1)n1c(=O)oc2cc(-c3c(C(N)=O)c(CC(C)C)nc4c3C(=O)N(SC)[C@@]4(C)Cc3ccc(F)cc3)ccc21. The predicted molar refractivity (Wildman–Crippen MR) is 197 cm³/mol. The highest BCUT2D eigenvalue weighted by molar-refractivity contribution is 7.96. The van der Waals surface area contributed by atoms with Crippen molar-refractivity contribution in [2.24, 2.45) is 11.7 Å². The van der Waals surface area contributed by atoms with Crippen molar-refractivity contribution >= 4 is 34.9 Å². The molecule has 1 aliphatic rings. The van der Waals surface area contributed by atoms with Gasteiger partial charge in [-0.15, -0.1) is 0 Å². The number of halogens is 1. The molecular formula is C39H41FN6O4S. The number of benzene rings is 2. The zero-order valence-corrected chi connectivity index (χ0v) is 30.6. The van der Waals surface area contributed by atoms with Crippen LogP contribution in [0.15, 0.2) is 70.0 Å². The third-order valence-corrected chi connectivity index (χ3v) is 9.91. The molecule has 0 spiro atoms. The van der Waals surface area contributed by atoms with E-state index in [4.69, 9.17) is 15.1 Å². The molecule has 51 heavy (non-hydrogen) atoms. The van der Waals surface area contributed by atoms with Crippen LogP contribution < -0.4 is 11.5 Å². The molecule has 2 amide bonds. The summed E-state index contributed by atoms with van der Waals surface area (Å²) in [5, 5.41) is 9.20. The third-order valence-electron chi connectivity index (χ3n) is 8.98. The molecule has 1 unspecified atom stereocenters. The number of nitrogens with two attached hydrogens (primary N) is 1. The highest BCUT2D eigenvalue weighted by Crippen LogP contribution is 2.48. The Morgan fingerprint density at radius 3 is 2.37 bits per heavy atom. The highest BCUT2D eigenvalue weighted by Gasteiger charge is 2.50. The van der Waals surface area contributed by atoms with Crippen LogP contribution in [0.25, 0.3) is 22.2 Å². The summed E-state index contributed by atoms with van der Waals surface area (Å²) in [6.07, 6.45) is 4.54. The third kappa shape index (κ3) is 6.66. The average Bonchev–Trinajstić information content (AvgIpc) is 3.54. The lowest BCUT2D eigenvalue weighted by atomic mass is 9.84. The first kappa shape index (κ1) is 37.0. The maximum atomic E-state index is 14.4. The molecule has 1 aliphatic heterocycles. The summed E-state index contributed by atoms with van der Waals surface area (Å²) in [4.78, 5) is 50.5. The molecule has 3 aromatic heterocycles. The first-order valence-corrected chi connectivity index (χ1v) is 18.1. The summed E-state index contributed by atoms with van der Waals surface area (Å²) in [7, 11) is 0. The van der Waals surface area contributed by atoms with Crippen molar-refractivity contribution in [2.75, 3.05) is 6.26 Å². The van der Waals surface area contributed by atoms with Gasteiger partial charge in [0.2, 0.25) is 0 Å². The Labute approximate surface area is 300 Å². The van der Waals surface area contributed by atoms with Crippen LogP contribution in [0.4, 0.5) is 4.39 Å². The number of oxazole rings is 1. The van der Waals surface area contributed by atoms with Crippen LogP contribution in [0, 0.1) is 23.1 Å². The fraction of sp³-hybridized carbons (Fsp3) is 0.333. The number of fused-ring (bicyclic) bond motifs is 2. The Kier molecular flexibility index (Phi) is 10.8. The van der Waals surface area contributed by atoms with Gasteiger partial charge < -0.3 is 10.2 Å². The number of pyridine rings is 2. The maximum absolute atomic E-state index is 14.4. The van der Waals surface area contributed by atoms with Gasteiger partial charge in [0.15, 0.2) is 5.58 Å². The summed E-state index contributed by atoms with van der Waals surface area (Å²) in [6.45, 7) is 11.9. The normalized spacial score (nSPS) is 15.8. The molecule has 0 saturated heterocycles. The lowest BCUT2D eigenvalue weighted by Gasteiger charge is -2.33. The van der Waals surface area contributed by atoms with Crippen molar-refractivity contribution in [3.63, 3.8) is 0 Å². The van der Waals surface area contributed by atoms with Crippen LogP contribution in [0.5, 0.6) is 0 Å². The van der Waals surface area contributed by atoms with Crippen molar-refractivity contribution in [2.45, 2.75) is 72.4 Å². The van der Waals surface area contributed by atoms with Crippen molar-refractivity contribution in [1.82, 2.24) is 18.8 Å². The first-order chi connectivity index (χ1) is 24.4. The molecule has 2 aromatic carbocycles. The predicted octanol–water partition coefficient (Wildman–Crippen LogP) is 7.58. The van der Waals surface area contributed by atoms with Gasteiger partial charge >= 0.3 is 5.76 Å². The second kappa shape index (κ2) is 14.9. The first-order valence-electron chi connectivity index (χ1n) is 16.9. The number of nitrogens with zero attached hydrogens (tertiary/aromatic N) is 5. The summed E-state index contributed by atoms with van der Waals surface area (Å²) < 4.78 is 22.8. The number of carbonyl (C=O) groups is 2. The zero-order valence-electron chi connectivity index (χ0n) is 29.8. The van der Waals surface area contributed by atoms with E-state index < -0.39 is 23.2 Å². The van der Waals surface area contributed by atoms with Gasteiger partial charge in [-0.2, -0.15) is 5.26 Å². The van der Waals surface area contributed by atoms with E-state index in [1.165, 1.54) is 34.8 Å². The van der Waals surface area contributed by atoms with E-state index in [9.17, 15) is 24.0 Å². The van der Waals surface area contributed by atoms with E-state index >= 15 is 0 Å². The molecule has 5 aromatic rings. The Morgan fingerprint density at radius 1 is 1.10 bits per heavy atom. The quantitative estimate of drug-likeness (QED) is 0.146. The van der Waals surface area contributed by atoms with Gasteiger partial charge in [0.25, 0.3) is 11.8 Å². The van der Waals surface area contributed by atoms with Crippen LogP contribution in [0.2, 0.25) is 0 Å². The monoisotopic (exact) mass is 708 g/mol. The Hall–Kier alpha value is -5.28. The van der Waals surface area contributed by atoms with E-state index in [2.05, 4.69) is 11.1 Å². The molecule has 0 fully saturated rings. The van der Waals surface area contributed by atoms with E-state index in [-0.39, 0.29) is 34.4 Å². The number of hydrogen-bond donors (Lipinski definition) is 1. The van der Waals surface area contributed by atoms with Crippen molar-refractivity contribution in [3.8, 4) is 17.2 Å². The molecule has 10 nitrogen and oxygen atoms in total. The van der Waals surface area contributed by atoms with Crippen LogP contribution in [0.1, 0.15) is 103 Å². The van der Waals surface area contributed by atoms with E-state index in [1.807, 2.05) is 41.5 Å². The van der Waals surface area contributed by atoms with Crippen LogP contribution >= 0.6 is 11.9 Å². The standard InChI is InChI=1S/C37H35FN6O4S.C2H6/c1-6-27(25-13-9-22(18-39)19-41-25)43-28-14-10-23(16-29(28)48-36(43)47)30-31(34(40)45)26(15-20(2)3)42-33-32(30)35(46)44(49-5)37(33,4)17-21-7-11-24(38)12-8-21;1-2/h7-14,16,19-20,27H,6,15,17H2,1-5H3,(H2,40,45);1-2H3/t27?,37-;/m0./s1. The molecule has 6 rings (SSSR count). The molecule has 0 bridgehead atoms. The number of primary amides is 1. The molecule has 2 atom stereocenters. The molecule has 4 heterocycles. The van der Waals surface area contributed by atoms with Crippen molar-refractivity contribution in [3.05, 3.63) is 116 Å². The second-order valence-electron chi connectivity index (χ2n) is 12.8. The molecule has 0 saturated carbocycles. The summed E-state index contributed by atoms with van der Waals surface area (Å²) in [5.41, 5.74) is 9.82. The average molecular weight is 709 g/mol. The van der Waals surface area contributed by atoms with Gasteiger partial charge in [-0.05, 0) is 85.2 Å². The van der Waals surface area contributed by atoms with Crippen LogP contribution in [-0.2, 0) is 18.4 Å². The lowest BCUT2D eigenvalue weighted by Crippen LogP contribution is -2.38. The smallest absolute Gasteiger partial charge is 0.408 e. The Bertz CT molecular complexity index is 2200. The molecule has 264 valence electrons. The zero-order chi connectivity index (χ0) is 37.2. The minimum atomic E-state index is -0.956. The maximum Gasteiger partial charge on any atom is 0.420 e. The fourth-order valence-electron chi connectivity index (χ4n) is 6.86. The van der Waals surface area contributed by atoms with Gasteiger partial charge in [0, 0.05) is 24.4 Å². The summed E-state index contributed by atoms with van der Waals surface area (Å²) in [5.74, 6) is -1.93. The van der Waals surface area contributed by atoms with Crippen molar-refractivity contribution < 1.29 is 18.4 Å². The number of rotatable bonds is 10. The minimum Gasteiger partial charge on any atom is -0.408 e. The molecule has 2 N–H and O–H groups in total. The molecule has 12 heteroatoms. The van der Waals surface area contributed by atoms with E-state index in [0.717, 1.165) is 5.56 Å². The molecular weight excluding hydrogens is 668 g/mol. The number of carbonyl (C=O) groups excluding carboxylic acids is 2. The summed E-state index contributed by atoms with van der Waals surface area (Å²) >= 11 is 1.24. The van der Waals surface area contributed by atoms with Crippen LogP contribution in [-0.4, -0.2) is 36.9 Å². The fourth-order valence-corrected chi connectivity index (χ4v) is 7.67. The molecule has 0 radical (unpaired) electrons. The number of hydrogen-bond acceptors (Lipinski definition) is 8. The topological polar surface area (TPSA) is 148 Å². The number of aromatic nitrogens is 3. The van der Waals surface area contributed by atoms with Gasteiger partial charge in [-0.1, -0.05) is 52.8 Å². The van der Waals surface area contributed by atoms with Gasteiger partial charge in [0.1, 0.15) is 11.9 Å². The summed E-state index contributed by atoms with van der Waals surface area (Å²) in [6, 6.07) is 16.2. The second-order valence-corrected chi connectivity index (χ2v) is 13.5. The van der Waals surface area contributed by atoms with Crippen molar-refractivity contribution in [1.29, 1.82) is 5.26 Å². The van der Waals surface area contributed by atoms with Gasteiger partial charge in [0.05, 0.1) is 50.9 Å². The van der Waals surface area contributed by atoms with E-state index in [0.29, 0.717) is 58.6 Å². The molecule has 0 aliphatic carbocycles. The van der Waals surface area contributed by atoms with Gasteiger partial charge in [-0.3, -0.25) is 28.4 Å². The lowest BCUT2D eigenvalue weighted by molar-refractivity contribution is 0.0806. The van der Waals surface area contributed by atoms with E-state index in [1.54, 1.807) is 53.0 Å².